The fraction of sp³-hybridized carbons (Fsp3) is 0.200. The Bertz CT molecular complexity index is 803. The Morgan fingerprint density at radius 1 is 1.08 bits per heavy atom. The van der Waals surface area contributed by atoms with Crippen molar-refractivity contribution >= 4 is 9.84 Å². The highest BCUT2D eigenvalue weighted by Gasteiger charge is 2.31. The molecule has 0 aromatic heterocycles. The molecule has 0 spiro atoms. The lowest BCUT2D eigenvalue weighted by molar-refractivity contribution is 0.398. The molecule has 2 aromatic rings. The summed E-state index contributed by atoms with van der Waals surface area (Å²) in [6.45, 7) is 3.87. The van der Waals surface area contributed by atoms with E-state index in [0.29, 0.717) is 25.0 Å². The Morgan fingerprint density at radius 3 is 2.25 bits per heavy atom. The molecule has 2 rings (SSSR count). The highest BCUT2D eigenvalue weighted by atomic mass is 32.2. The predicted octanol–water partition coefficient (Wildman–Crippen LogP) is 4.23. The van der Waals surface area contributed by atoms with Crippen LogP contribution in [0.25, 0.3) is 0 Å². The second-order valence-corrected chi connectivity index (χ2v) is 7.45. The van der Waals surface area contributed by atoms with Gasteiger partial charge in [-0.2, -0.15) is 0 Å². The highest BCUT2D eigenvalue weighted by Crippen LogP contribution is 2.27. The second kappa shape index (κ2) is 8.37. The van der Waals surface area contributed by atoms with Gasteiger partial charge in [-0.25, -0.2) is 8.42 Å². The molecule has 0 saturated heterocycles. The fourth-order valence-electron chi connectivity index (χ4n) is 2.36. The van der Waals surface area contributed by atoms with Crippen molar-refractivity contribution in [3.63, 3.8) is 0 Å². The Labute approximate surface area is 143 Å². The van der Waals surface area contributed by atoms with Crippen molar-refractivity contribution in [2.75, 3.05) is 0 Å². The summed E-state index contributed by atoms with van der Waals surface area (Å²) in [6, 6.07) is 17.4. The molecule has 2 aromatic carbocycles. The normalized spacial score (nSPS) is 12.1. The monoisotopic (exact) mass is 340 g/mol. The molecule has 4 heteroatoms. The number of hydrogen-bond donors (Lipinski definition) is 0. The van der Waals surface area contributed by atoms with Crippen molar-refractivity contribution in [2.45, 2.75) is 29.4 Å². The van der Waals surface area contributed by atoms with Gasteiger partial charge in [0.1, 0.15) is 16.8 Å². The number of terminal acetylenes is 1. The van der Waals surface area contributed by atoms with Crippen LogP contribution < -0.4 is 4.74 Å². The molecule has 0 bridgehead atoms. The topological polar surface area (TPSA) is 43.4 Å². The first kappa shape index (κ1) is 17.8. The third-order valence-corrected chi connectivity index (χ3v) is 5.76. The van der Waals surface area contributed by atoms with Gasteiger partial charge in [-0.3, -0.25) is 0 Å². The second-order valence-electron chi connectivity index (χ2n) is 5.32. The van der Waals surface area contributed by atoms with E-state index in [-0.39, 0.29) is 10.7 Å². The van der Waals surface area contributed by atoms with Crippen LogP contribution >= 0.6 is 0 Å². The van der Waals surface area contributed by atoms with Gasteiger partial charge in [-0.1, -0.05) is 43.0 Å². The standard InChI is InChI=1S/C20H20O3S/c1-3-4-7-16-20(17(2)23-18-12-8-5-9-13-18)24(21,22)19-14-10-6-11-15-19/h1,5-6,8-15,20H,2,4,7,16H2. The molecule has 0 aliphatic heterocycles. The average molecular weight is 340 g/mol. The zero-order valence-electron chi connectivity index (χ0n) is 13.4. The van der Waals surface area contributed by atoms with Crippen molar-refractivity contribution < 1.29 is 13.2 Å². The highest BCUT2D eigenvalue weighted by molar-refractivity contribution is 7.92. The molecule has 0 aliphatic rings. The van der Waals surface area contributed by atoms with E-state index < -0.39 is 15.1 Å². The summed E-state index contributed by atoms with van der Waals surface area (Å²) < 4.78 is 31.6. The smallest absolute Gasteiger partial charge is 0.188 e. The molecule has 1 unspecified atom stereocenters. The minimum absolute atomic E-state index is 0.210. The number of unbranched alkanes of at least 4 members (excludes halogenated alkanes) is 1. The summed E-state index contributed by atoms with van der Waals surface area (Å²) in [6.07, 6.45) is 6.75. The molecule has 0 N–H and O–H groups in total. The van der Waals surface area contributed by atoms with Gasteiger partial charge >= 0.3 is 0 Å². The molecule has 3 nitrogen and oxygen atoms in total. The van der Waals surface area contributed by atoms with E-state index >= 15 is 0 Å². The van der Waals surface area contributed by atoms with Crippen molar-refractivity contribution in [1.82, 2.24) is 0 Å². The van der Waals surface area contributed by atoms with Crippen molar-refractivity contribution in [2.24, 2.45) is 0 Å². The fourth-order valence-corrected chi connectivity index (χ4v) is 4.09. The minimum atomic E-state index is -3.59. The van der Waals surface area contributed by atoms with E-state index in [0.717, 1.165) is 0 Å². The van der Waals surface area contributed by atoms with Gasteiger partial charge in [-0.15, -0.1) is 12.3 Å². The van der Waals surface area contributed by atoms with Gasteiger partial charge in [0.25, 0.3) is 0 Å². The largest absolute Gasteiger partial charge is 0.461 e. The molecule has 0 aliphatic carbocycles. The number of hydrogen-bond acceptors (Lipinski definition) is 3. The van der Waals surface area contributed by atoms with Crippen LogP contribution in [-0.2, 0) is 9.84 Å². The van der Waals surface area contributed by atoms with Crippen LogP contribution in [0.15, 0.2) is 77.9 Å². The number of ether oxygens (including phenoxy) is 1. The van der Waals surface area contributed by atoms with Crippen molar-refractivity contribution in [3.05, 3.63) is 73.0 Å². The van der Waals surface area contributed by atoms with E-state index in [9.17, 15) is 8.42 Å². The molecule has 124 valence electrons. The van der Waals surface area contributed by atoms with Crippen LogP contribution in [0.5, 0.6) is 5.75 Å². The van der Waals surface area contributed by atoms with Gasteiger partial charge in [-0.05, 0) is 37.1 Å². The molecule has 0 amide bonds. The van der Waals surface area contributed by atoms with Crippen LogP contribution in [0.2, 0.25) is 0 Å². The third-order valence-electron chi connectivity index (χ3n) is 3.58. The van der Waals surface area contributed by atoms with E-state index in [1.807, 2.05) is 18.2 Å². The van der Waals surface area contributed by atoms with Crippen LogP contribution in [-0.4, -0.2) is 13.7 Å². The van der Waals surface area contributed by atoms with Crippen LogP contribution in [0, 0.1) is 12.3 Å². The van der Waals surface area contributed by atoms with Gasteiger partial charge in [0.05, 0.1) is 4.90 Å². The molecule has 24 heavy (non-hydrogen) atoms. The number of rotatable bonds is 8. The summed E-state index contributed by atoms with van der Waals surface area (Å²) >= 11 is 0. The van der Waals surface area contributed by atoms with E-state index in [4.69, 9.17) is 11.2 Å². The Balaban J connectivity index is 2.27. The van der Waals surface area contributed by atoms with Crippen LogP contribution in [0.3, 0.4) is 0 Å². The summed E-state index contributed by atoms with van der Waals surface area (Å²) in [5.74, 6) is 3.31. The van der Waals surface area contributed by atoms with Crippen molar-refractivity contribution in [1.29, 1.82) is 0 Å². The molecular weight excluding hydrogens is 320 g/mol. The molecule has 0 heterocycles. The molecule has 0 radical (unpaired) electrons. The maximum Gasteiger partial charge on any atom is 0.188 e. The lowest BCUT2D eigenvalue weighted by Crippen LogP contribution is -2.26. The molecular formula is C20H20O3S. The summed E-state index contributed by atoms with van der Waals surface area (Å²) in [5, 5.41) is -0.839. The summed E-state index contributed by atoms with van der Waals surface area (Å²) in [4.78, 5) is 0.258. The van der Waals surface area contributed by atoms with E-state index in [1.54, 1.807) is 42.5 Å². The quantitative estimate of drug-likeness (QED) is 0.410. The van der Waals surface area contributed by atoms with Gasteiger partial charge < -0.3 is 4.74 Å². The third kappa shape index (κ3) is 4.50. The maximum atomic E-state index is 13.0. The average Bonchev–Trinajstić information content (AvgIpc) is 2.60. The molecule has 0 saturated carbocycles. The van der Waals surface area contributed by atoms with Crippen molar-refractivity contribution in [3.8, 4) is 18.1 Å². The first-order chi connectivity index (χ1) is 11.6. The Hall–Kier alpha value is -2.51. The lowest BCUT2D eigenvalue weighted by Gasteiger charge is -2.20. The van der Waals surface area contributed by atoms with Gasteiger partial charge in [0, 0.05) is 6.42 Å². The first-order valence-corrected chi connectivity index (χ1v) is 9.24. The van der Waals surface area contributed by atoms with Crippen LogP contribution in [0.1, 0.15) is 19.3 Å². The maximum absolute atomic E-state index is 13.0. The van der Waals surface area contributed by atoms with Gasteiger partial charge in [0.2, 0.25) is 0 Å². The van der Waals surface area contributed by atoms with E-state index in [1.165, 1.54) is 0 Å². The van der Waals surface area contributed by atoms with E-state index in [2.05, 4.69) is 12.5 Å². The van der Waals surface area contributed by atoms with Crippen LogP contribution in [0.4, 0.5) is 0 Å². The predicted molar refractivity (Wildman–Crippen MR) is 96.3 cm³/mol. The zero-order valence-corrected chi connectivity index (χ0v) is 14.2. The molecule has 1 atom stereocenters. The first-order valence-electron chi connectivity index (χ1n) is 7.70. The van der Waals surface area contributed by atoms with Gasteiger partial charge in [0.15, 0.2) is 9.84 Å². The minimum Gasteiger partial charge on any atom is -0.461 e. The number of sulfone groups is 1. The lowest BCUT2D eigenvalue weighted by atomic mass is 10.2. The Morgan fingerprint density at radius 2 is 1.67 bits per heavy atom. The molecule has 0 fully saturated rings. The summed E-state index contributed by atoms with van der Waals surface area (Å²) in [5.41, 5.74) is 0. The Kier molecular flexibility index (Phi) is 6.22. The summed E-state index contributed by atoms with van der Waals surface area (Å²) in [7, 11) is -3.59. The SMILES string of the molecule is C#CCCCC(C(=C)Oc1ccccc1)S(=O)(=O)c1ccccc1. The zero-order chi connectivity index (χ0) is 17.4. The number of benzene rings is 2. The number of para-hydroxylation sites is 1.